The third kappa shape index (κ3) is 3.58. The minimum atomic E-state index is -0.309. The van der Waals surface area contributed by atoms with Gasteiger partial charge < -0.3 is 21.1 Å². The lowest BCUT2D eigenvalue weighted by atomic mass is 9.93. The topological polar surface area (TPSA) is 73.4 Å². The Labute approximate surface area is 174 Å². The Morgan fingerprint density at radius 2 is 2.14 bits per heavy atom. The molecule has 5 nitrogen and oxygen atoms in total. The number of carbonyl (C=O) groups excluding carboxylic acids is 1. The lowest BCUT2D eigenvalue weighted by Gasteiger charge is -2.30. The number of halogens is 1. The third-order valence-electron chi connectivity index (χ3n) is 5.67. The van der Waals surface area contributed by atoms with E-state index in [1.165, 1.54) is 11.3 Å². The number of phenolic OH excluding ortho intramolecular Hbond substituents is 1. The molecule has 2 heterocycles. The van der Waals surface area contributed by atoms with Crippen molar-refractivity contribution in [1.82, 2.24) is 5.32 Å². The van der Waals surface area contributed by atoms with Gasteiger partial charge in [-0.05, 0) is 60.2 Å². The third-order valence-corrected chi connectivity index (χ3v) is 6.13. The quantitative estimate of drug-likeness (QED) is 0.563. The molecule has 2 aliphatic rings. The Kier molecular flexibility index (Phi) is 5.23. The van der Waals surface area contributed by atoms with E-state index < -0.39 is 0 Å². The van der Waals surface area contributed by atoms with Crippen LogP contribution in [0.2, 0.25) is 0 Å². The lowest BCUT2D eigenvalue weighted by molar-refractivity contribution is -0.122. The maximum atomic E-state index is 13.0. The van der Waals surface area contributed by atoms with E-state index in [1.807, 2.05) is 6.92 Å². The predicted molar refractivity (Wildman–Crippen MR) is 116 cm³/mol. The summed E-state index contributed by atoms with van der Waals surface area (Å²) in [5, 5.41) is 19.9. The molecule has 0 radical (unpaired) electrons. The van der Waals surface area contributed by atoms with E-state index in [2.05, 4.69) is 50.9 Å². The Bertz CT molecular complexity index is 928. The molecule has 6 heteroatoms. The molecule has 2 aromatic carbocycles. The first-order valence-corrected chi connectivity index (χ1v) is 10.7. The highest BCUT2D eigenvalue weighted by molar-refractivity contribution is 9.10. The largest absolute Gasteiger partial charge is 0.508 e. The molecule has 0 aliphatic carbocycles. The summed E-state index contributed by atoms with van der Waals surface area (Å²) in [6.45, 7) is 5.00. The number of hydrogen-bond acceptors (Lipinski definition) is 4. The minimum Gasteiger partial charge on any atom is -0.508 e. The molecule has 0 fully saturated rings. The van der Waals surface area contributed by atoms with Crippen molar-refractivity contribution in [3.8, 4) is 5.75 Å². The van der Waals surface area contributed by atoms with Crippen LogP contribution in [0.5, 0.6) is 5.75 Å². The molecule has 4 N–H and O–H groups in total. The molecule has 0 bridgehead atoms. The van der Waals surface area contributed by atoms with Crippen molar-refractivity contribution < 1.29 is 9.90 Å². The van der Waals surface area contributed by atoms with Crippen molar-refractivity contribution in [2.24, 2.45) is 0 Å². The van der Waals surface area contributed by atoms with Gasteiger partial charge in [-0.3, -0.25) is 4.79 Å². The van der Waals surface area contributed by atoms with Gasteiger partial charge in [0, 0.05) is 34.9 Å². The van der Waals surface area contributed by atoms with Crippen LogP contribution in [0, 0.1) is 6.92 Å². The van der Waals surface area contributed by atoms with Crippen LogP contribution >= 0.6 is 15.9 Å². The molecule has 2 aliphatic heterocycles. The van der Waals surface area contributed by atoms with Crippen LogP contribution in [-0.2, 0) is 17.6 Å². The van der Waals surface area contributed by atoms with Crippen LogP contribution in [0.3, 0.4) is 0 Å². The highest BCUT2D eigenvalue weighted by atomic mass is 79.9. The second kappa shape index (κ2) is 7.66. The number of anilines is 2. The van der Waals surface area contributed by atoms with E-state index in [1.54, 1.807) is 12.1 Å². The zero-order valence-corrected chi connectivity index (χ0v) is 17.8. The van der Waals surface area contributed by atoms with Crippen LogP contribution in [0.25, 0.3) is 0 Å². The zero-order valence-electron chi connectivity index (χ0n) is 16.2. The standard InChI is InChI=1S/C22H26BrN3O2/c1-3-4-13-8-14(23)9-17-18(5-6-24-21(13)17)26-22(28)20-11-16-12(2)7-15(27)10-19(16)25-20/h7-10,18,20,24-25,27H,3-6,11H2,1-2H3,(H,26,28). The molecule has 0 aromatic heterocycles. The molecule has 2 unspecified atom stereocenters. The summed E-state index contributed by atoms with van der Waals surface area (Å²) in [4.78, 5) is 13.0. The zero-order chi connectivity index (χ0) is 19.8. The van der Waals surface area contributed by atoms with Crippen molar-refractivity contribution >= 4 is 33.2 Å². The number of fused-ring (bicyclic) bond motifs is 2. The van der Waals surface area contributed by atoms with Crippen molar-refractivity contribution in [1.29, 1.82) is 0 Å². The van der Waals surface area contributed by atoms with Crippen LogP contribution in [0.15, 0.2) is 28.7 Å². The van der Waals surface area contributed by atoms with Crippen molar-refractivity contribution in [3.63, 3.8) is 0 Å². The fourth-order valence-electron chi connectivity index (χ4n) is 4.36. The molecule has 28 heavy (non-hydrogen) atoms. The summed E-state index contributed by atoms with van der Waals surface area (Å²) in [5.74, 6) is 0.232. The number of amides is 1. The maximum Gasteiger partial charge on any atom is 0.243 e. The molecule has 0 spiro atoms. The molecule has 2 atom stereocenters. The number of carbonyl (C=O) groups is 1. The normalized spacial score (nSPS) is 20.0. The Balaban J connectivity index is 1.54. The van der Waals surface area contributed by atoms with Gasteiger partial charge in [0.15, 0.2) is 0 Å². The molecule has 0 saturated heterocycles. The number of aryl methyl sites for hydroxylation is 2. The van der Waals surface area contributed by atoms with E-state index in [9.17, 15) is 9.90 Å². The summed E-state index contributed by atoms with van der Waals surface area (Å²) < 4.78 is 1.05. The summed E-state index contributed by atoms with van der Waals surface area (Å²) in [5.41, 5.74) is 6.60. The summed E-state index contributed by atoms with van der Waals surface area (Å²) in [6.07, 6.45) is 3.60. The lowest BCUT2D eigenvalue weighted by Crippen LogP contribution is -2.42. The average Bonchev–Trinajstić information content (AvgIpc) is 3.07. The number of phenols is 1. The van der Waals surface area contributed by atoms with Crippen LogP contribution < -0.4 is 16.0 Å². The first-order valence-electron chi connectivity index (χ1n) is 9.92. The van der Waals surface area contributed by atoms with E-state index in [0.717, 1.165) is 52.7 Å². The number of rotatable bonds is 4. The average molecular weight is 444 g/mol. The monoisotopic (exact) mass is 443 g/mol. The van der Waals surface area contributed by atoms with Gasteiger partial charge in [0.05, 0.1) is 6.04 Å². The van der Waals surface area contributed by atoms with Gasteiger partial charge >= 0.3 is 0 Å². The molecule has 2 aromatic rings. The second-order valence-electron chi connectivity index (χ2n) is 7.75. The summed E-state index contributed by atoms with van der Waals surface area (Å²) >= 11 is 3.63. The van der Waals surface area contributed by atoms with E-state index in [-0.39, 0.29) is 23.7 Å². The molecule has 1 amide bonds. The first-order chi connectivity index (χ1) is 13.5. The fraction of sp³-hybridized carbons (Fsp3) is 0.409. The van der Waals surface area contributed by atoms with E-state index in [0.29, 0.717) is 6.42 Å². The summed E-state index contributed by atoms with van der Waals surface area (Å²) in [6, 6.07) is 7.42. The van der Waals surface area contributed by atoms with Gasteiger partial charge in [0.2, 0.25) is 5.91 Å². The van der Waals surface area contributed by atoms with Crippen LogP contribution in [0.1, 0.15) is 48.1 Å². The second-order valence-corrected chi connectivity index (χ2v) is 8.66. The highest BCUT2D eigenvalue weighted by Gasteiger charge is 2.31. The highest BCUT2D eigenvalue weighted by Crippen LogP contribution is 2.37. The fourth-order valence-corrected chi connectivity index (χ4v) is 4.88. The van der Waals surface area contributed by atoms with Gasteiger partial charge in [0.25, 0.3) is 0 Å². The van der Waals surface area contributed by atoms with Gasteiger partial charge in [0.1, 0.15) is 11.8 Å². The van der Waals surface area contributed by atoms with E-state index in [4.69, 9.17) is 0 Å². The Morgan fingerprint density at radius 3 is 2.93 bits per heavy atom. The van der Waals surface area contributed by atoms with Gasteiger partial charge in [-0.25, -0.2) is 0 Å². The van der Waals surface area contributed by atoms with Crippen molar-refractivity contribution in [2.45, 2.75) is 51.6 Å². The Morgan fingerprint density at radius 1 is 1.32 bits per heavy atom. The SMILES string of the molecule is CCCc1cc(Br)cc2c1NCCC2NC(=O)C1Cc2c(C)cc(O)cc2N1. The molecular weight excluding hydrogens is 418 g/mol. The number of aromatic hydroxyl groups is 1. The minimum absolute atomic E-state index is 0.00290. The smallest absolute Gasteiger partial charge is 0.243 e. The molecular formula is C22H26BrN3O2. The van der Waals surface area contributed by atoms with Crippen LogP contribution in [-0.4, -0.2) is 23.6 Å². The van der Waals surface area contributed by atoms with Gasteiger partial charge in [-0.1, -0.05) is 29.3 Å². The Hall–Kier alpha value is -2.21. The first kappa shape index (κ1) is 19.1. The summed E-state index contributed by atoms with van der Waals surface area (Å²) in [7, 11) is 0. The maximum absolute atomic E-state index is 13.0. The molecule has 4 rings (SSSR count). The van der Waals surface area contributed by atoms with Gasteiger partial charge in [-0.2, -0.15) is 0 Å². The number of hydrogen-bond donors (Lipinski definition) is 4. The van der Waals surface area contributed by atoms with Crippen LogP contribution in [0.4, 0.5) is 11.4 Å². The van der Waals surface area contributed by atoms with Gasteiger partial charge in [-0.15, -0.1) is 0 Å². The van der Waals surface area contributed by atoms with Crippen molar-refractivity contribution in [3.05, 3.63) is 51.0 Å². The number of nitrogens with one attached hydrogen (secondary N) is 3. The molecule has 148 valence electrons. The van der Waals surface area contributed by atoms with E-state index >= 15 is 0 Å². The van der Waals surface area contributed by atoms with Crippen molar-refractivity contribution in [2.75, 3.05) is 17.2 Å². The number of benzene rings is 2. The molecule has 0 saturated carbocycles. The predicted octanol–water partition coefficient (Wildman–Crippen LogP) is 4.43.